The molecule has 1 aliphatic heterocycles. The van der Waals surface area contributed by atoms with Gasteiger partial charge in [-0.1, -0.05) is 18.2 Å². The van der Waals surface area contributed by atoms with Crippen LogP contribution in [0.2, 0.25) is 0 Å². The Morgan fingerprint density at radius 1 is 1.30 bits per heavy atom. The average Bonchev–Trinajstić information content (AvgIpc) is 2.55. The van der Waals surface area contributed by atoms with Gasteiger partial charge in [-0.3, -0.25) is 4.90 Å². The highest BCUT2D eigenvalue weighted by molar-refractivity contribution is 5.42. The molecule has 0 radical (unpaired) electrons. The van der Waals surface area contributed by atoms with E-state index in [-0.39, 0.29) is 6.04 Å². The van der Waals surface area contributed by atoms with Gasteiger partial charge in [-0.2, -0.15) is 0 Å². The molecule has 0 bridgehead atoms. The van der Waals surface area contributed by atoms with Gasteiger partial charge in [-0.05, 0) is 45.8 Å². The summed E-state index contributed by atoms with van der Waals surface area (Å²) >= 11 is 0. The van der Waals surface area contributed by atoms with E-state index in [0.29, 0.717) is 6.04 Å². The van der Waals surface area contributed by atoms with E-state index in [9.17, 15) is 0 Å². The first-order valence-corrected chi connectivity index (χ1v) is 8.38. The van der Waals surface area contributed by atoms with Gasteiger partial charge in [0, 0.05) is 30.3 Å². The second kappa shape index (κ2) is 8.37. The van der Waals surface area contributed by atoms with Crippen LogP contribution in [0.1, 0.15) is 38.3 Å². The molecule has 0 spiro atoms. The van der Waals surface area contributed by atoms with Gasteiger partial charge in [-0.25, -0.2) is 0 Å². The van der Waals surface area contributed by atoms with Crippen molar-refractivity contribution >= 4 is 0 Å². The van der Waals surface area contributed by atoms with E-state index in [4.69, 9.17) is 9.47 Å². The lowest BCUT2D eigenvalue weighted by molar-refractivity contribution is 0.204. The molecule has 0 aromatic heterocycles. The summed E-state index contributed by atoms with van der Waals surface area (Å²) in [6.07, 6.45) is 2.35. The molecule has 0 aliphatic carbocycles. The van der Waals surface area contributed by atoms with Crippen LogP contribution in [0, 0.1) is 0 Å². The number of nitrogens with one attached hydrogen (secondary N) is 1. The Bertz CT molecular complexity index is 522. The highest BCUT2D eigenvalue weighted by Crippen LogP contribution is 2.30. The number of likely N-dealkylation sites (tertiary alicyclic amines) is 1. The van der Waals surface area contributed by atoms with Crippen molar-refractivity contribution < 1.29 is 9.47 Å². The normalized spacial score (nSPS) is 17.7. The van der Waals surface area contributed by atoms with Gasteiger partial charge in [0.1, 0.15) is 11.5 Å². The second-order valence-corrected chi connectivity index (χ2v) is 6.50. The minimum atomic E-state index is 0.258. The molecule has 0 amide bonds. The number of piperidine rings is 1. The summed E-state index contributed by atoms with van der Waals surface area (Å²) in [5, 5.41) is 3.75. The molecular weight excluding hydrogens is 288 g/mol. The maximum Gasteiger partial charge on any atom is 0.127 e. The third-order valence-electron chi connectivity index (χ3n) is 4.47. The smallest absolute Gasteiger partial charge is 0.127 e. The van der Waals surface area contributed by atoms with Gasteiger partial charge >= 0.3 is 0 Å². The van der Waals surface area contributed by atoms with Gasteiger partial charge in [0.05, 0.1) is 14.2 Å². The van der Waals surface area contributed by atoms with Crippen LogP contribution in [0.5, 0.6) is 11.5 Å². The van der Waals surface area contributed by atoms with Gasteiger partial charge in [0.15, 0.2) is 0 Å². The minimum absolute atomic E-state index is 0.258. The fourth-order valence-corrected chi connectivity index (χ4v) is 3.26. The number of hydrogen-bond acceptors (Lipinski definition) is 4. The average molecular weight is 318 g/mol. The Morgan fingerprint density at radius 2 is 2.00 bits per heavy atom. The van der Waals surface area contributed by atoms with E-state index >= 15 is 0 Å². The molecule has 1 atom stereocenters. The first kappa shape index (κ1) is 17.8. The molecular formula is C19H30N2O2. The third kappa shape index (κ3) is 4.98. The van der Waals surface area contributed by atoms with Crippen molar-refractivity contribution in [2.75, 3.05) is 33.9 Å². The Hall–Kier alpha value is -1.52. The number of rotatable bonds is 7. The van der Waals surface area contributed by atoms with Crippen LogP contribution in [-0.2, 0) is 0 Å². The lowest BCUT2D eigenvalue weighted by atomic mass is 10.0. The monoisotopic (exact) mass is 318 g/mol. The van der Waals surface area contributed by atoms with E-state index < -0.39 is 0 Å². The summed E-state index contributed by atoms with van der Waals surface area (Å²) < 4.78 is 10.8. The molecule has 128 valence electrons. The molecule has 4 nitrogen and oxygen atoms in total. The zero-order chi connectivity index (χ0) is 16.8. The summed E-state index contributed by atoms with van der Waals surface area (Å²) in [6, 6.07) is 6.84. The van der Waals surface area contributed by atoms with E-state index in [1.807, 2.05) is 12.1 Å². The van der Waals surface area contributed by atoms with Crippen LogP contribution in [-0.4, -0.2) is 44.8 Å². The van der Waals surface area contributed by atoms with Crippen LogP contribution in [0.4, 0.5) is 0 Å². The molecule has 1 heterocycles. The van der Waals surface area contributed by atoms with Gasteiger partial charge < -0.3 is 14.8 Å². The van der Waals surface area contributed by atoms with Gasteiger partial charge in [0.2, 0.25) is 0 Å². The summed E-state index contributed by atoms with van der Waals surface area (Å²) in [5.41, 5.74) is 2.42. The first-order valence-electron chi connectivity index (χ1n) is 8.38. The van der Waals surface area contributed by atoms with E-state index in [2.05, 4.69) is 36.7 Å². The molecule has 1 fully saturated rings. The van der Waals surface area contributed by atoms with Crippen LogP contribution in [0.15, 0.2) is 30.4 Å². The number of ether oxygens (including phenoxy) is 2. The fraction of sp³-hybridized carbons (Fsp3) is 0.579. The Balaban J connectivity index is 1.92. The van der Waals surface area contributed by atoms with E-state index in [1.54, 1.807) is 14.2 Å². The Morgan fingerprint density at radius 3 is 2.57 bits per heavy atom. The third-order valence-corrected chi connectivity index (χ3v) is 4.47. The maximum atomic E-state index is 5.52. The lowest BCUT2D eigenvalue weighted by Gasteiger charge is -2.34. The van der Waals surface area contributed by atoms with Crippen molar-refractivity contribution in [2.24, 2.45) is 0 Å². The first-order chi connectivity index (χ1) is 11.0. The molecule has 0 unspecified atom stereocenters. The summed E-state index contributed by atoms with van der Waals surface area (Å²) in [6.45, 7) is 11.6. The number of hydrogen-bond donors (Lipinski definition) is 1. The van der Waals surface area contributed by atoms with Crippen molar-refractivity contribution in [2.45, 2.75) is 38.8 Å². The van der Waals surface area contributed by atoms with Crippen molar-refractivity contribution in [3.8, 4) is 11.5 Å². The van der Waals surface area contributed by atoms with Crippen molar-refractivity contribution in [3.63, 3.8) is 0 Å². The van der Waals surface area contributed by atoms with Crippen molar-refractivity contribution in [1.29, 1.82) is 0 Å². The molecule has 23 heavy (non-hydrogen) atoms. The van der Waals surface area contributed by atoms with Crippen molar-refractivity contribution in [3.05, 3.63) is 35.9 Å². The quantitative estimate of drug-likeness (QED) is 0.781. The van der Waals surface area contributed by atoms with Crippen LogP contribution in [0.25, 0.3) is 0 Å². The van der Waals surface area contributed by atoms with Crippen molar-refractivity contribution in [1.82, 2.24) is 10.2 Å². The van der Waals surface area contributed by atoms with Crippen LogP contribution < -0.4 is 14.8 Å². The molecule has 1 aromatic carbocycles. The fourth-order valence-electron chi connectivity index (χ4n) is 3.26. The Kier molecular flexibility index (Phi) is 6.48. The number of methoxy groups -OCH3 is 2. The summed E-state index contributed by atoms with van der Waals surface area (Å²) in [7, 11) is 3.38. The van der Waals surface area contributed by atoms with Crippen LogP contribution >= 0.6 is 0 Å². The maximum absolute atomic E-state index is 5.52. The SMILES string of the molecule is C=C(C)CN1CCC(N[C@@H](C)c2ccc(OC)cc2OC)CC1. The van der Waals surface area contributed by atoms with E-state index in [1.165, 1.54) is 24.0 Å². The highest BCUT2D eigenvalue weighted by atomic mass is 16.5. The molecule has 1 N–H and O–H groups in total. The minimum Gasteiger partial charge on any atom is -0.497 e. The van der Waals surface area contributed by atoms with Gasteiger partial charge in [0.25, 0.3) is 0 Å². The molecule has 2 rings (SSSR count). The zero-order valence-electron chi connectivity index (χ0n) is 14.9. The zero-order valence-corrected chi connectivity index (χ0v) is 14.9. The van der Waals surface area contributed by atoms with Gasteiger partial charge in [-0.15, -0.1) is 0 Å². The van der Waals surface area contributed by atoms with E-state index in [0.717, 1.165) is 31.1 Å². The predicted molar refractivity (Wildman–Crippen MR) is 95.4 cm³/mol. The summed E-state index contributed by atoms with van der Waals surface area (Å²) in [4.78, 5) is 2.49. The largest absolute Gasteiger partial charge is 0.497 e. The predicted octanol–water partition coefficient (Wildman–Crippen LogP) is 3.39. The second-order valence-electron chi connectivity index (χ2n) is 6.50. The standard InChI is InChI=1S/C19H30N2O2/c1-14(2)13-21-10-8-16(9-11-21)20-15(3)18-7-6-17(22-4)12-19(18)23-5/h6-7,12,15-16,20H,1,8-11,13H2,2-5H3/t15-/m0/s1. The molecule has 4 heteroatoms. The Labute approximate surface area is 140 Å². The topological polar surface area (TPSA) is 33.7 Å². The number of nitrogens with zero attached hydrogens (tertiary/aromatic N) is 1. The number of benzene rings is 1. The molecule has 1 aliphatic rings. The molecule has 0 saturated carbocycles. The molecule has 1 aromatic rings. The summed E-state index contributed by atoms with van der Waals surface area (Å²) in [5.74, 6) is 1.70. The molecule has 1 saturated heterocycles. The lowest BCUT2D eigenvalue weighted by Crippen LogP contribution is -2.43. The van der Waals surface area contributed by atoms with Crippen LogP contribution in [0.3, 0.4) is 0 Å². The highest BCUT2D eigenvalue weighted by Gasteiger charge is 2.22.